The number of nitro benzene ring substituents is 1. The van der Waals surface area contributed by atoms with Crippen molar-refractivity contribution in [2.45, 2.75) is 5.16 Å². The van der Waals surface area contributed by atoms with E-state index in [1.165, 1.54) is 30.0 Å². The molecule has 0 amide bonds. The first-order chi connectivity index (χ1) is 8.66. The lowest BCUT2D eigenvalue weighted by atomic mass is 10.1. The molecule has 0 saturated carbocycles. The fraction of sp³-hybridized carbons (Fsp3) is 0.0909. The number of nitro groups is 1. The summed E-state index contributed by atoms with van der Waals surface area (Å²) in [6.45, 7) is 0. The van der Waals surface area contributed by atoms with Crippen molar-refractivity contribution in [3.05, 3.63) is 52.3 Å². The van der Waals surface area contributed by atoms with Gasteiger partial charge in [0.15, 0.2) is 10.9 Å². The van der Waals surface area contributed by atoms with E-state index in [0.717, 1.165) is 0 Å². The van der Waals surface area contributed by atoms with Gasteiger partial charge in [-0.3, -0.25) is 14.9 Å². The average molecular weight is 263 g/mol. The van der Waals surface area contributed by atoms with Crippen molar-refractivity contribution in [3.8, 4) is 0 Å². The number of benzene rings is 1. The van der Waals surface area contributed by atoms with Crippen LogP contribution in [-0.2, 0) is 0 Å². The van der Waals surface area contributed by atoms with Crippen LogP contribution in [0.3, 0.4) is 0 Å². The van der Waals surface area contributed by atoms with Gasteiger partial charge >= 0.3 is 0 Å². The van der Waals surface area contributed by atoms with Crippen LogP contribution in [0.4, 0.5) is 5.69 Å². The standard InChI is InChI=1S/C11H9N3O3S/c15-10(7-18-11-12-4-5-13-11)8-2-1-3-9(6-8)14(16)17/h1-6H,7H2,(H,12,13). The van der Waals surface area contributed by atoms with Crippen molar-refractivity contribution in [1.82, 2.24) is 9.97 Å². The van der Waals surface area contributed by atoms with Crippen LogP contribution >= 0.6 is 11.8 Å². The molecule has 0 bridgehead atoms. The number of carbonyl (C=O) groups is 1. The van der Waals surface area contributed by atoms with Crippen LogP contribution < -0.4 is 0 Å². The van der Waals surface area contributed by atoms with Crippen molar-refractivity contribution < 1.29 is 9.72 Å². The monoisotopic (exact) mass is 263 g/mol. The zero-order chi connectivity index (χ0) is 13.0. The van der Waals surface area contributed by atoms with Crippen molar-refractivity contribution >= 4 is 23.2 Å². The highest BCUT2D eigenvalue weighted by Gasteiger charge is 2.12. The number of hydrogen-bond acceptors (Lipinski definition) is 5. The highest BCUT2D eigenvalue weighted by Crippen LogP contribution is 2.17. The molecule has 7 heteroatoms. The van der Waals surface area contributed by atoms with Crippen LogP contribution in [0.25, 0.3) is 0 Å². The molecule has 0 aliphatic carbocycles. The normalized spacial score (nSPS) is 10.2. The van der Waals surface area contributed by atoms with Crippen molar-refractivity contribution in [3.63, 3.8) is 0 Å². The maximum atomic E-state index is 11.8. The number of rotatable bonds is 5. The Labute approximate surface area is 107 Å². The Kier molecular flexibility index (Phi) is 3.73. The summed E-state index contributed by atoms with van der Waals surface area (Å²) in [7, 11) is 0. The number of imidazole rings is 1. The SMILES string of the molecule is O=C(CSc1ncc[nH]1)c1cccc([N+](=O)[O-])c1. The lowest BCUT2D eigenvalue weighted by Gasteiger charge is -1.99. The van der Waals surface area contributed by atoms with Gasteiger partial charge < -0.3 is 4.98 Å². The summed E-state index contributed by atoms with van der Waals surface area (Å²) in [6.07, 6.45) is 3.26. The molecule has 0 fully saturated rings. The molecule has 0 aliphatic heterocycles. The first-order valence-corrected chi connectivity index (χ1v) is 6.05. The zero-order valence-electron chi connectivity index (χ0n) is 9.20. The highest BCUT2D eigenvalue weighted by atomic mass is 32.2. The Hall–Kier alpha value is -2.15. The highest BCUT2D eigenvalue weighted by molar-refractivity contribution is 7.99. The Morgan fingerprint density at radius 1 is 1.50 bits per heavy atom. The zero-order valence-corrected chi connectivity index (χ0v) is 10.0. The Bertz CT molecular complexity index is 569. The molecule has 0 unspecified atom stereocenters. The van der Waals surface area contributed by atoms with E-state index in [9.17, 15) is 14.9 Å². The van der Waals surface area contributed by atoms with Crippen LogP contribution in [0.5, 0.6) is 0 Å². The molecular formula is C11H9N3O3S. The molecule has 0 spiro atoms. The largest absolute Gasteiger partial charge is 0.340 e. The molecular weight excluding hydrogens is 254 g/mol. The minimum atomic E-state index is -0.517. The van der Waals surface area contributed by atoms with E-state index >= 15 is 0 Å². The molecule has 1 N–H and O–H groups in total. The van der Waals surface area contributed by atoms with Crippen LogP contribution in [0.1, 0.15) is 10.4 Å². The van der Waals surface area contributed by atoms with E-state index in [0.29, 0.717) is 10.7 Å². The van der Waals surface area contributed by atoms with Gasteiger partial charge in [0.05, 0.1) is 10.7 Å². The molecule has 2 aromatic rings. The molecule has 2 rings (SSSR count). The van der Waals surface area contributed by atoms with Crippen molar-refractivity contribution in [2.75, 3.05) is 5.75 Å². The molecule has 0 atom stereocenters. The average Bonchev–Trinajstić information content (AvgIpc) is 2.89. The van der Waals surface area contributed by atoms with E-state index in [4.69, 9.17) is 0 Å². The summed E-state index contributed by atoms with van der Waals surface area (Å²) < 4.78 is 0. The minimum Gasteiger partial charge on any atom is -0.340 e. The molecule has 0 aliphatic rings. The first-order valence-electron chi connectivity index (χ1n) is 5.06. The Morgan fingerprint density at radius 2 is 2.33 bits per heavy atom. The number of aromatic nitrogens is 2. The number of nitrogens with one attached hydrogen (secondary N) is 1. The Balaban J connectivity index is 2.04. The lowest BCUT2D eigenvalue weighted by Crippen LogP contribution is -2.03. The van der Waals surface area contributed by atoms with Gasteiger partial charge in [0.2, 0.25) is 0 Å². The van der Waals surface area contributed by atoms with Gasteiger partial charge in [0, 0.05) is 30.1 Å². The van der Waals surface area contributed by atoms with E-state index < -0.39 is 4.92 Å². The third-order valence-electron chi connectivity index (χ3n) is 2.19. The van der Waals surface area contributed by atoms with Gasteiger partial charge in [-0.25, -0.2) is 4.98 Å². The fourth-order valence-electron chi connectivity index (χ4n) is 1.34. The van der Waals surface area contributed by atoms with Crippen molar-refractivity contribution in [2.24, 2.45) is 0 Å². The smallest absolute Gasteiger partial charge is 0.270 e. The number of H-pyrrole nitrogens is 1. The summed E-state index contributed by atoms with van der Waals surface area (Å²) in [5, 5.41) is 11.2. The third kappa shape index (κ3) is 2.95. The number of carbonyl (C=O) groups excluding carboxylic acids is 1. The minimum absolute atomic E-state index is 0.0798. The summed E-state index contributed by atoms with van der Waals surface area (Å²) in [4.78, 5) is 28.7. The number of nitrogens with zero attached hydrogens (tertiary/aromatic N) is 2. The summed E-state index contributed by atoms with van der Waals surface area (Å²) in [5.41, 5.74) is 0.257. The summed E-state index contributed by atoms with van der Waals surface area (Å²) in [5.74, 6) is 0.0226. The second-order valence-corrected chi connectivity index (χ2v) is 4.38. The molecule has 0 radical (unpaired) electrons. The van der Waals surface area contributed by atoms with Gasteiger partial charge in [-0.05, 0) is 0 Å². The van der Waals surface area contributed by atoms with Crippen LogP contribution in [0.2, 0.25) is 0 Å². The first kappa shape index (κ1) is 12.3. The second kappa shape index (κ2) is 5.46. The predicted octanol–water partition coefficient (Wildman–Crippen LogP) is 2.29. The van der Waals surface area contributed by atoms with Gasteiger partial charge in [0.25, 0.3) is 5.69 Å². The van der Waals surface area contributed by atoms with Gasteiger partial charge in [-0.15, -0.1) is 0 Å². The molecule has 0 saturated heterocycles. The molecule has 1 heterocycles. The molecule has 1 aromatic heterocycles. The lowest BCUT2D eigenvalue weighted by molar-refractivity contribution is -0.384. The van der Waals surface area contributed by atoms with E-state index in [2.05, 4.69) is 9.97 Å². The number of Topliss-reactive ketones (excluding diaryl/α,β-unsaturated/α-hetero) is 1. The summed E-state index contributed by atoms with van der Waals surface area (Å²) >= 11 is 1.26. The quantitative estimate of drug-likeness (QED) is 0.387. The van der Waals surface area contributed by atoms with Gasteiger partial charge in [-0.1, -0.05) is 23.9 Å². The van der Waals surface area contributed by atoms with Crippen molar-refractivity contribution in [1.29, 1.82) is 0 Å². The number of aromatic amines is 1. The predicted molar refractivity (Wildman–Crippen MR) is 66.7 cm³/mol. The number of thioether (sulfide) groups is 1. The third-order valence-corrected chi connectivity index (χ3v) is 3.10. The van der Waals surface area contributed by atoms with Crippen LogP contribution in [0.15, 0.2) is 41.8 Å². The molecule has 6 nitrogen and oxygen atoms in total. The van der Waals surface area contributed by atoms with E-state index in [-0.39, 0.29) is 17.2 Å². The number of hydrogen-bond donors (Lipinski definition) is 1. The maximum absolute atomic E-state index is 11.8. The molecule has 1 aromatic carbocycles. The van der Waals surface area contributed by atoms with Gasteiger partial charge in [-0.2, -0.15) is 0 Å². The molecule has 92 valence electrons. The van der Waals surface area contributed by atoms with Crippen LogP contribution in [0, 0.1) is 10.1 Å². The topological polar surface area (TPSA) is 88.9 Å². The fourth-order valence-corrected chi connectivity index (χ4v) is 2.06. The van der Waals surface area contributed by atoms with Gasteiger partial charge in [0.1, 0.15) is 0 Å². The maximum Gasteiger partial charge on any atom is 0.270 e. The second-order valence-electron chi connectivity index (χ2n) is 3.41. The van der Waals surface area contributed by atoms with Crippen LogP contribution in [-0.4, -0.2) is 26.4 Å². The summed E-state index contributed by atoms with van der Waals surface area (Å²) in [6, 6.07) is 5.71. The number of ketones is 1. The van der Waals surface area contributed by atoms with E-state index in [1.54, 1.807) is 18.5 Å². The Morgan fingerprint density at radius 3 is 3.00 bits per heavy atom. The molecule has 18 heavy (non-hydrogen) atoms. The van der Waals surface area contributed by atoms with E-state index in [1.807, 2.05) is 0 Å². The number of non-ortho nitro benzene ring substituents is 1.